The number of hydrogen-bond donors (Lipinski definition) is 2. The molecule has 0 spiro atoms. The molecule has 18 heavy (non-hydrogen) atoms. The minimum atomic E-state index is -0.871. The molecule has 2 unspecified atom stereocenters. The fourth-order valence-electron chi connectivity index (χ4n) is 2.19. The molecule has 1 aliphatic carbocycles. The van der Waals surface area contributed by atoms with Crippen LogP contribution in [0.3, 0.4) is 0 Å². The number of hydrogen-bond acceptors (Lipinski definition) is 4. The van der Waals surface area contributed by atoms with E-state index in [-0.39, 0.29) is 11.8 Å². The molecule has 0 aromatic carbocycles. The lowest BCUT2D eigenvalue weighted by atomic mass is 9.95. The third-order valence-corrected chi connectivity index (χ3v) is 3.15. The van der Waals surface area contributed by atoms with Crippen LogP contribution in [-0.2, 0) is 19.1 Å². The van der Waals surface area contributed by atoms with Crippen molar-refractivity contribution in [3.63, 3.8) is 0 Å². The Morgan fingerprint density at radius 2 is 1.94 bits per heavy atom. The highest BCUT2D eigenvalue weighted by molar-refractivity contribution is 5.85. The highest BCUT2D eigenvalue weighted by atomic mass is 16.5. The van der Waals surface area contributed by atoms with Crippen molar-refractivity contribution in [2.24, 2.45) is 11.8 Å². The lowest BCUT2D eigenvalue weighted by Gasteiger charge is -2.15. The normalized spacial score (nSPS) is 22.9. The number of nitrogens with one attached hydrogen (secondary N) is 1. The largest absolute Gasteiger partial charge is 0.481 e. The molecule has 6 nitrogen and oxygen atoms in total. The Kier molecular flexibility index (Phi) is 6.67. The minimum Gasteiger partial charge on any atom is -0.481 e. The fourth-order valence-corrected chi connectivity index (χ4v) is 2.19. The smallest absolute Gasteiger partial charge is 0.307 e. The third-order valence-electron chi connectivity index (χ3n) is 3.15. The first-order valence-electron chi connectivity index (χ1n) is 6.24. The Labute approximate surface area is 107 Å². The second-order valence-corrected chi connectivity index (χ2v) is 4.38. The topological polar surface area (TPSA) is 84.9 Å². The van der Waals surface area contributed by atoms with Crippen molar-refractivity contribution in [3.8, 4) is 0 Å². The van der Waals surface area contributed by atoms with Gasteiger partial charge in [0.15, 0.2) is 0 Å². The van der Waals surface area contributed by atoms with Crippen LogP contribution in [0, 0.1) is 11.8 Å². The standard InChI is InChI=1S/C12H21NO5/c1-17-7-8-18-6-5-13-11(14)9-3-2-4-10(9)12(15)16/h9-10H,2-8H2,1H3,(H,13,14)(H,15,16). The van der Waals surface area contributed by atoms with E-state index >= 15 is 0 Å². The lowest BCUT2D eigenvalue weighted by molar-refractivity contribution is -0.146. The Morgan fingerprint density at radius 3 is 2.61 bits per heavy atom. The van der Waals surface area contributed by atoms with Gasteiger partial charge in [-0.05, 0) is 12.8 Å². The summed E-state index contributed by atoms with van der Waals surface area (Å²) >= 11 is 0. The molecular weight excluding hydrogens is 238 g/mol. The molecule has 1 rings (SSSR count). The van der Waals surface area contributed by atoms with E-state index in [9.17, 15) is 9.59 Å². The van der Waals surface area contributed by atoms with Gasteiger partial charge < -0.3 is 19.9 Å². The van der Waals surface area contributed by atoms with Gasteiger partial charge >= 0.3 is 5.97 Å². The summed E-state index contributed by atoms with van der Waals surface area (Å²) in [5.74, 6) is -1.96. The molecule has 0 aliphatic heterocycles. The van der Waals surface area contributed by atoms with Crippen LogP contribution in [0.4, 0.5) is 0 Å². The summed E-state index contributed by atoms with van der Waals surface area (Å²) in [6.45, 7) is 1.84. The summed E-state index contributed by atoms with van der Waals surface area (Å²) in [5, 5.41) is 11.7. The van der Waals surface area contributed by atoms with Gasteiger partial charge in [-0.3, -0.25) is 9.59 Å². The summed E-state index contributed by atoms with van der Waals surface area (Å²) in [7, 11) is 1.59. The highest BCUT2D eigenvalue weighted by Gasteiger charge is 2.37. The van der Waals surface area contributed by atoms with Gasteiger partial charge in [0.05, 0.1) is 31.7 Å². The van der Waals surface area contributed by atoms with E-state index in [4.69, 9.17) is 14.6 Å². The molecule has 0 heterocycles. The maximum absolute atomic E-state index is 11.8. The molecule has 1 saturated carbocycles. The van der Waals surface area contributed by atoms with E-state index in [1.54, 1.807) is 7.11 Å². The van der Waals surface area contributed by atoms with Gasteiger partial charge in [0.2, 0.25) is 5.91 Å². The van der Waals surface area contributed by atoms with E-state index < -0.39 is 11.9 Å². The van der Waals surface area contributed by atoms with Crippen molar-refractivity contribution in [1.29, 1.82) is 0 Å². The zero-order chi connectivity index (χ0) is 13.4. The zero-order valence-corrected chi connectivity index (χ0v) is 10.7. The molecule has 0 saturated heterocycles. The highest BCUT2D eigenvalue weighted by Crippen LogP contribution is 2.31. The second-order valence-electron chi connectivity index (χ2n) is 4.38. The predicted octanol–water partition coefficient (Wildman–Crippen LogP) is 0.266. The quantitative estimate of drug-likeness (QED) is 0.611. The number of amides is 1. The first kappa shape index (κ1) is 14.9. The zero-order valence-electron chi connectivity index (χ0n) is 10.7. The van der Waals surface area contributed by atoms with Crippen LogP contribution in [0.2, 0.25) is 0 Å². The molecule has 0 radical (unpaired) electrons. The summed E-state index contributed by atoms with van der Waals surface area (Å²) in [4.78, 5) is 22.7. The number of aliphatic carboxylic acids is 1. The van der Waals surface area contributed by atoms with Crippen molar-refractivity contribution in [2.75, 3.05) is 33.5 Å². The predicted molar refractivity (Wildman–Crippen MR) is 64.2 cm³/mol. The van der Waals surface area contributed by atoms with Crippen LogP contribution in [0.25, 0.3) is 0 Å². The van der Waals surface area contributed by atoms with Gasteiger partial charge in [0, 0.05) is 13.7 Å². The van der Waals surface area contributed by atoms with Crippen LogP contribution in [-0.4, -0.2) is 50.5 Å². The van der Waals surface area contributed by atoms with Crippen molar-refractivity contribution in [2.45, 2.75) is 19.3 Å². The molecular formula is C12H21NO5. The van der Waals surface area contributed by atoms with Gasteiger partial charge in [-0.1, -0.05) is 6.42 Å². The SMILES string of the molecule is COCCOCCNC(=O)C1CCCC1C(=O)O. The summed E-state index contributed by atoms with van der Waals surface area (Å²) < 4.78 is 10.0. The van der Waals surface area contributed by atoms with Crippen LogP contribution in [0.1, 0.15) is 19.3 Å². The molecule has 1 aliphatic rings. The molecule has 1 fully saturated rings. The van der Waals surface area contributed by atoms with Crippen LogP contribution in [0.5, 0.6) is 0 Å². The molecule has 1 amide bonds. The number of methoxy groups -OCH3 is 1. The summed E-state index contributed by atoms with van der Waals surface area (Å²) in [6.07, 6.45) is 2.06. The van der Waals surface area contributed by atoms with E-state index in [2.05, 4.69) is 5.32 Å². The molecule has 2 atom stereocenters. The van der Waals surface area contributed by atoms with Crippen molar-refractivity contribution in [1.82, 2.24) is 5.32 Å². The minimum absolute atomic E-state index is 0.171. The monoisotopic (exact) mass is 259 g/mol. The van der Waals surface area contributed by atoms with Crippen LogP contribution in [0.15, 0.2) is 0 Å². The van der Waals surface area contributed by atoms with Crippen molar-refractivity contribution in [3.05, 3.63) is 0 Å². The number of rotatable bonds is 8. The Hall–Kier alpha value is -1.14. The van der Waals surface area contributed by atoms with Gasteiger partial charge in [-0.25, -0.2) is 0 Å². The molecule has 0 bridgehead atoms. The average molecular weight is 259 g/mol. The Morgan fingerprint density at radius 1 is 1.22 bits per heavy atom. The van der Waals surface area contributed by atoms with Gasteiger partial charge in [0.1, 0.15) is 0 Å². The molecule has 104 valence electrons. The maximum Gasteiger partial charge on any atom is 0.307 e. The Balaban J connectivity index is 2.18. The van der Waals surface area contributed by atoms with E-state index in [1.165, 1.54) is 0 Å². The fraction of sp³-hybridized carbons (Fsp3) is 0.833. The number of ether oxygens (including phenoxy) is 2. The van der Waals surface area contributed by atoms with E-state index in [0.717, 1.165) is 6.42 Å². The van der Waals surface area contributed by atoms with Crippen molar-refractivity contribution < 1.29 is 24.2 Å². The van der Waals surface area contributed by atoms with Crippen LogP contribution >= 0.6 is 0 Å². The first-order chi connectivity index (χ1) is 8.66. The third kappa shape index (κ3) is 4.62. The number of carboxylic acid groups (broad SMARTS) is 1. The maximum atomic E-state index is 11.8. The van der Waals surface area contributed by atoms with E-state index in [1.807, 2.05) is 0 Å². The average Bonchev–Trinajstić information content (AvgIpc) is 2.82. The lowest BCUT2D eigenvalue weighted by Crippen LogP contribution is -2.37. The first-order valence-corrected chi connectivity index (χ1v) is 6.24. The number of carbonyl (C=O) groups excluding carboxylic acids is 1. The molecule has 2 N–H and O–H groups in total. The second kappa shape index (κ2) is 8.05. The van der Waals surface area contributed by atoms with E-state index in [0.29, 0.717) is 39.2 Å². The van der Waals surface area contributed by atoms with Gasteiger partial charge in [0.25, 0.3) is 0 Å². The van der Waals surface area contributed by atoms with Crippen LogP contribution < -0.4 is 5.32 Å². The van der Waals surface area contributed by atoms with Gasteiger partial charge in [-0.15, -0.1) is 0 Å². The molecule has 0 aromatic heterocycles. The number of carboxylic acids is 1. The molecule has 6 heteroatoms. The van der Waals surface area contributed by atoms with Crippen molar-refractivity contribution >= 4 is 11.9 Å². The van der Waals surface area contributed by atoms with Gasteiger partial charge in [-0.2, -0.15) is 0 Å². The number of carbonyl (C=O) groups is 2. The molecule has 0 aromatic rings. The Bertz CT molecular complexity index is 282. The summed E-state index contributed by atoms with van der Waals surface area (Å²) in [5.41, 5.74) is 0. The summed E-state index contributed by atoms with van der Waals surface area (Å²) in [6, 6.07) is 0.